The first kappa shape index (κ1) is 15.1. The summed E-state index contributed by atoms with van der Waals surface area (Å²) in [4.78, 5) is 3.97. The summed E-state index contributed by atoms with van der Waals surface area (Å²) in [6.07, 6.45) is 1.38. The molecule has 0 saturated heterocycles. The maximum atomic E-state index is 13.8. The number of fused-ring (bicyclic) bond motifs is 1. The summed E-state index contributed by atoms with van der Waals surface area (Å²) in [5.41, 5.74) is 6.33. The van der Waals surface area contributed by atoms with Gasteiger partial charge in [-0.25, -0.2) is 22.5 Å². The number of nitrogen functional groups attached to an aromatic ring is 1. The van der Waals surface area contributed by atoms with E-state index in [1.807, 2.05) is 6.92 Å². The fourth-order valence-electron chi connectivity index (χ4n) is 2.29. The number of hydrogen-bond acceptors (Lipinski definition) is 3. The third-order valence-electron chi connectivity index (χ3n) is 3.56. The zero-order chi connectivity index (χ0) is 16.7. The van der Waals surface area contributed by atoms with Crippen LogP contribution in [0.2, 0.25) is 0 Å². The lowest BCUT2D eigenvalue weighted by Gasteiger charge is -2.13. The summed E-state index contributed by atoms with van der Waals surface area (Å²) in [7, 11) is 0. The lowest BCUT2D eigenvalue weighted by Crippen LogP contribution is -2.05. The topological polar surface area (TPSA) is 50.9 Å². The summed E-state index contributed by atoms with van der Waals surface area (Å²) < 4.78 is 54.1. The Labute approximate surface area is 128 Å². The van der Waals surface area contributed by atoms with Gasteiger partial charge in [0, 0.05) is 28.7 Å². The minimum Gasteiger partial charge on any atom is -0.398 e. The SMILES string of the molecule is Cc1ccc2c(Nc3c(F)c(F)cc(F)c3F)nccc2c1N. The number of anilines is 3. The zero-order valence-corrected chi connectivity index (χ0v) is 11.9. The minimum atomic E-state index is -1.53. The second-order valence-corrected chi connectivity index (χ2v) is 5.02. The Morgan fingerprint density at radius 2 is 1.61 bits per heavy atom. The molecular formula is C16H11F4N3. The highest BCUT2D eigenvalue weighted by Gasteiger charge is 2.20. The molecule has 0 aliphatic rings. The molecule has 0 saturated carbocycles. The van der Waals surface area contributed by atoms with Gasteiger partial charge in [0.05, 0.1) is 0 Å². The van der Waals surface area contributed by atoms with Gasteiger partial charge in [0.2, 0.25) is 0 Å². The van der Waals surface area contributed by atoms with E-state index < -0.39 is 29.0 Å². The summed E-state index contributed by atoms with van der Waals surface area (Å²) in [5, 5.41) is 3.40. The van der Waals surface area contributed by atoms with Crippen LogP contribution in [0.5, 0.6) is 0 Å². The summed E-state index contributed by atoms with van der Waals surface area (Å²) >= 11 is 0. The van der Waals surface area contributed by atoms with Crippen LogP contribution in [0.1, 0.15) is 5.56 Å². The normalized spacial score (nSPS) is 11.0. The molecule has 3 rings (SSSR count). The molecule has 0 unspecified atom stereocenters. The average molecular weight is 321 g/mol. The lowest BCUT2D eigenvalue weighted by molar-refractivity contribution is 0.459. The van der Waals surface area contributed by atoms with E-state index in [1.54, 1.807) is 18.2 Å². The van der Waals surface area contributed by atoms with Crippen molar-refractivity contribution in [2.45, 2.75) is 6.92 Å². The fraction of sp³-hybridized carbons (Fsp3) is 0.0625. The van der Waals surface area contributed by atoms with Gasteiger partial charge in [-0.2, -0.15) is 0 Å². The molecule has 1 aromatic heterocycles. The molecule has 3 aromatic rings. The van der Waals surface area contributed by atoms with Gasteiger partial charge < -0.3 is 11.1 Å². The summed E-state index contributed by atoms with van der Waals surface area (Å²) in [6, 6.07) is 5.15. The maximum Gasteiger partial charge on any atom is 0.185 e. The van der Waals surface area contributed by atoms with E-state index in [1.165, 1.54) is 6.20 Å². The Hall–Kier alpha value is -2.83. The predicted octanol–water partition coefficient (Wildman–Crippen LogP) is 4.43. The molecule has 1 heterocycles. The number of nitrogens with two attached hydrogens (primary N) is 1. The first-order chi connectivity index (χ1) is 10.9. The molecule has 118 valence electrons. The largest absolute Gasteiger partial charge is 0.398 e. The molecule has 0 aliphatic heterocycles. The van der Waals surface area contributed by atoms with Crippen LogP contribution >= 0.6 is 0 Å². The van der Waals surface area contributed by atoms with Crippen molar-refractivity contribution in [3.8, 4) is 0 Å². The van der Waals surface area contributed by atoms with E-state index in [4.69, 9.17) is 5.73 Å². The summed E-state index contributed by atoms with van der Waals surface area (Å²) in [5.74, 6) is -6.01. The van der Waals surface area contributed by atoms with E-state index in [0.29, 0.717) is 16.5 Å². The number of aromatic nitrogens is 1. The molecule has 0 atom stereocenters. The standard InChI is InChI=1S/C16H11F4N3/c1-7-2-3-9-8(14(7)21)4-5-22-16(9)23-15-12(19)10(17)6-11(18)13(15)20/h2-6H,21H2,1H3,(H,22,23). The highest BCUT2D eigenvalue weighted by atomic mass is 19.2. The number of rotatable bonds is 2. The van der Waals surface area contributed by atoms with Crippen molar-refractivity contribution < 1.29 is 17.6 Å². The Balaban J connectivity index is 2.19. The number of aryl methyl sites for hydroxylation is 1. The van der Waals surface area contributed by atoms with Crippen molar-refractivity contribution in [1.82, 2.24) is 4.98 Å². The predicted molar refractivity (Wildman–Crippen MR) is 80.4 cm³/mol. The highest BCUT2D eigenvalue weighted by molar-refractivity contribution is 6.01. The number of nitrogens with zero attached hydrogens (tertiary/aromatic N) is 1. The van der Waals surface area contributed by atoms with Crippen molar-refractivity contribution in [2.24, 2.45) is 0 Å². The Morgan fingerprint density at radius 1 is 0.957 bits per heavy atom. The van der Waals surface area contributed by atoms with Crippen LogP contribution in [-0.4, -0.2) is 4.98 Å². The van der Waals surface area contributed by atoms with Crippen LogP contribution in [0.25, 0.3) is 10.8 Å². The van der Waals surface area contributed by atoms with Crippen LogP contribution in [-0.2, 0) is 0 Å². The molecule has 23 heavy (non-hydrogen) atoms. The first-order valence-electron chi connectivity index (χ1n) is 6.64. The van der Waals surface area contributed by atoms with Crippen molar-refractivity contribution >= 4 is 28.0 Å². The monoisotopic (exact) mass is 321 g/mol. The molecule has 7 heteroatoms. The molecular weight excluding hydrogens is 310 g/mol. The van der Waals surface area contributed by atoms with Gasteiger partial charge in [0.25, 0.3) is 0 Å². The number of pyridine rings is 1. The van der Waals surface area contributed by atoms with Gasteiger partial charge in [0.1, 0.15) is 11.5 Å². The molecule has 2 aromatic carbocycles. The van der Waals surface area contributed by atoms with Crippen molar-refractivity contribution in [2.75, 3.05) is 11.1 Å². The highest BCUT2D eigenvalue weighted by Crippen LogP contribution is 2.32. The van der Waals surface area contributed by atoms with E-state index in [9.17, 15) is 17.6 Å². The van der Waals surface area contributed by atoms with Gasteiger partial charge in [-0.15, -0.1) is 0 Å². The molecule has 0 bridgehead atoms. The van der Waals surface area contributed by atoms with Gasteiger partial charge >= 0.3 is 0 Å². The van der Waals surface area contributed by atoms with Crippen LogP contribution in [0.4, 0.5) is 34.8 Å². The number of benzene rings is 2. The Morgan fingerprint density at radius 3 is 2.26 bits per heavy atom. The van der Waals surface area contributed by atoms with Crippen LogP contribution in [0.15, 0.2) is 30.5 Å². The quantitative estimate of drug-likeness (QED) is 0.417. The minimum absolute atomic E-state index is 0.0389. The van der Waals surface area contributed by atoms with E-state index >= 15 is 0 Å². The van der Waals surface area contributed by atoms with E-state index in [0.717, 1.165) is 5.56 Å². The fourth-order valence-corrected chi connectivity index (χ4v) is 2.29. The summed E-state index contributed by atoms with van der Waals surface area (Å²) in [6.45, 7) is 1.81. The van der Waals surface area contributed by atoms with E-state index in [2.05, 4.69) is 10.3 Å². The van der Waals surface area contributed by atoms with Crippen molar-refractivity contribution in [3.63, 3.8) is 0 Å². The molecule has 0 radical (unpaired) electrons. The molecule has 3 N–H and O–H groups in total. The molecule has 0 aliphatic carbocycles. The van der Waals surface area contributed by atoms with E-state index in [-0.39, 0.29) is 11.9 Å². The van der Waals surface area contributed by atoms with Crippen LogP contribution in [0, 0.1) is 30.2 Å². The maximum absolute atomic E-state index is 13.8. The van der Waals surface area contributed by atoms with Gasteiger partial charge in [-0.05, 0) is 18.6 Å². The molecule has 0 spiro atoms. The second kappa shape index (κ2) is 5.42. The third kappa shape index (κ3) is 2.44. The van der Waals surface area contributed by atoms with Crippen LogP contribution < -0.4 is 11.1 Å². The molecule has 0 fully saturated rings. The Bertz CT molecular complexity index is 899. The molecule has 0 amide bonds. The zero-order valence-electron chi connectivity index (χ0n) is 11.9. The Kier molecular flexibility index (Phi) is 3.55. The van der Waals surface area contributed by atoms with Gasteiger partial charge in [-0.3, -0.25) is 0 Å². The number of nitrogens with one attached hydrogen (secondary N) is 1. The third-order valence-corrected chi connectivity index (χ3v) is 3.56. The van der Waals surface area contributed by atoms with Crippen molar-refractivity contribution in [3.05, 3.63) is 59.3 Å². The van der Waals surface area contributed by atoms with Crippen molar-refractivity contribution in [1.29, 1.82) is 0 Å². The average Bonchev–Trinajstić information content (AvgIpc) is 2.53. The van der Waals surface area contributed by atoms with Crippen LogP contribution in [0.3, 0.4) is 0 Å². The number of hydrogen-bond donors (Lipinski definition) is 2. The number of halogens is 4. The van der Waals surface area contributed by atoms with Gasteiger partial charge in [-0.1, -0.05) is 12.1 Å². The van der Waals surface area contributed by atoms with Gasteiger partial charge in [0.15, 0.2) is 23.3 Å². The first-order valence-corrected chi connectivity index (χ1v) is 6.64. The molecule has 3 nitrogen and oxygen atoms in total. The lowest BCUT2D eigenvalue weighted by atomic mass is 10.1. The second-order valence-electron chi connectivity index (χ2n) is 5.02. The smallest absolute Gasteiger partial charge is 0.185 e.